The van der Waals surface area contributed by atoms with Crippen molar-refractivity contribution < 1.29 is 14.4 Å². The monoisotopic (exact) mass is 257 g/mol. The highest BCUT2D eigenvalue weighted by Gasteiger charge is 2.33. The third-order valence-corrected chi connectivity index (χ3v) is 4.03. The summed E-state index contributed by atoms with van der Waals surface area (Å²) in [7, 11) is 0. The summed E-state index contributed by atoms with van der Waals surface area (Å²) in [6.07, 6.45) is 1.48. The van der Waals surface area contributed by atoms with Gasteiger partial charge in [0.15, 0.2) is 5.78 Å². The predicted octanol–water partition coefficient (Wildman–Crippen LogP) is 2.12. The van der Waals surface area contributed by atoms with E-state index in [2.05, 4.69) is 4.98 Å². The minimum Gasteiger partial charge on any atom is -0.294 e. The maximum atomic E-state index is 12.2. The zero-order chi connectivity index (χ0) is 12.9. The van der Waals surface area contributed by atoms with E-state index in [9.17, 15) is 14.4 Å². The maximum Gasteiger partial charge on any atom is 0.213 e. The van der Waals surface area contributed by atoms with E-state index in [1.165, 1.54) is 19.2 Å². The van der Waals surface area contributed by atoms with E-state index >= 15 is 0 Å². The fourth-order valence-electron chi connectivity index (χ4n) is 1.92. The van der Waals surface area contributed by atoms with Gasteiger partial charge in [0.2, 0.25) is 11.6 Å². The van der Waals surface area contributed by atoms with Crippen molar-refractivity contribution in [2.24, 2.45) is 0 Å². The number of ketones is 3. The second kappa shape index (κ2) is 3.68. The number of pyridine rings is 1. The van der Waals surface area contributed by atoms with Crippen LogP contribution in [-0.2, 0) is 0 Å². The van der Waals surface area contributed by atoms with Crippen molar-refractivity contribution in [1.82, 2.24) is 4.98 Å². The van der Waals surface area contributed by atoms with Gasteiger partial charge in [0.25, 0.3) is 0 Å². The summed E-state index contributed by atoms with van der Waals surface area (Å²) in [5.74, 6) is -0.666. The van der Waals surface area contributed by atoms with Gasteiger partial charge < -0.3 is 0 Å². The molecule has 0 fully saturated rings. The van der Waals surface area contributed by atoms with Crippen molar-refractivity contribution in [3.05, 3.63) is 51.0 Å². The highest BCUT2D eigenvalue weighted by molar-refractivity contribution is 7.16. The molecule has 3 rings (SSSR count). The molecular weight excluding hydrogens is 250 g/mol. The number of rotatable bonds is 1. The van der Waals surface area contributed by atoms with Crippen LogP contribution in [0, 0.1) is 0 Å². The molecule has 0 saturated heterocycles. The molecule has 2 aromatic rings. The zero-order valence-electron chi connectivity index (χ0n) is 9.39. The van der Waals surface area contributed by atoms with E-state index < -0.39 is 0 Å². The molecule has 0 bridgehead atoms. The van der Waals surface area contributed by atoms with E-state index in [0.29, 0.717) is 20.9 Å². The minimum atomic E-state index is -0.288. The Kier molecular flexibility index (Phi) is 2.24. The quantitative estimate of drug-likeness (QED) is 0.626. The molecule has 0 unspecified atom stereocenters. The summed E-state index contributed by atoms with van der Waals surface area (Å²) < 4.78 is 0. The molecule has 88 valence electrons. The molecular formula is C13H7NO3S. The standard InChI is InChI=1S/C13H7NO3S/c1-6(15)9-5-8-11(16)10-7(3-2-4-14-10)12(17)13(8)18-9/h2-5H,1H3. The molecule has 0 amide bonds. The average Bonchev–Trinajstić information content (AvgIpc) is 2.81. The first-order valence-electron chi connectivity index (χ1n) is 5.29. The first kappa shape index (κ1) is 11.0. The third kappa shape index (κ3) is 1.37. The van der Waals surface area contributed by atoms with Crippen LogP contribution in [0.1, 0.15) is 47.9 Å². The molecule has 2 heterocycles. The molecule has 0 spiro atoms. The fourth-order valence-corrected chi connectivity index (χ4v) is 2.93. The zero-order valence-corrected chi connectivity index (χ0v) is 10.2. The van der Waals surface area contributed by atoms with Crippen molar-refractivity contribution in [2.45, 2.75) is 6.92 Å². The second-order valence-corrected chi connectivity index (χ2v) is 5.02. The Bertz CT molecular complexity index is 662. The summed E-state index contributed by atoms with van der Waals surface area (Å²) >= 11 is 1.07. The Hall–Kier alpha value is -2.14. The van der Waals surface area contributed by atoms with Gasteiger partial charge in [-0.3, -0.25) is 19.4 Å². The van der Waals surface area contributed by atoms with Crippen LogP contribution in [0.5, 0.6) is 0 Å². The van der Waals surface area contributed by atoms with Crippen LogP contribution < -0.4 is 0 Å². The van der Waals surface area contributed by atoms with Crippen LogP contribution in [0.3, 0.4) is 0 Å². The Morgan fingerprint density at radius 1 is 1.22 bits per heavy atom. The SMILES string of the molecule is CC(=O)c1cc2c(s1)C(=O)c1cccnc1C2=O. The number of carbonyl (C=O) groups excluding carboxylic acids is 3. The Balaban J connectivity index is 2.27. The fraction of sp³-hybridized carbons (Fsp3) is 0.0769. The van der Waals surface area contributed by atoms with Crippen LogP contribution in [0.4, 0.5) is 0 Å². The van der Waals surface area contributed by atoms with Crippen molar-refractivity contribution in [1.29, 1.82) is 0 Å². The molecule has 0 N–H and O–H groups in total. The number of fused-ring (bicyclic) bond motifs is 2. The van der Waals surface area contributed by atoms with Gasteiger partial charge in [-0.05, 0) is 25.1 Å². The topological polar surface area (TPSA) is 64.1 Å². The smallest absolute Gasteiger partial charge is 0.213 e. The van der Waals surface area contributed by atoms with Gasteiger partial charge in [0, 0.05) is 11.8 Å². The first-order valence-corrected chi connectivity index (χ1v) is 6.10. The number of hydrogen-bond donors (Lipinski definition) is 0. The van der Waals surface area contributed by atoms with Crippen LogP contribution in [0.2, 0.25) is 0 Å². The Labute approximate surface area is 106 Å². The lowest BCUT2D eigenvalue weighted by Gasteiger charge is -2.11. The van der Waals surface area contributed by atoms with Crippen LogP contribution in [-0.4, -0.2) is 22.3 Å². The molecule has 1 aliphatic rings. The van der Waals surface area contributed by atoms with E-state index in [4.69, 9.17) is 0 Å². The third-order valence-electron chi connectivity index (χ3n) is 2.80. The summed E-state index contributed by atoms with van der Waals surface area (Å²) in [6, 6.07) is 4.69. The number of aromatic nitrogens is 1. The van der Waals surface area contributed by atoms with Crippen molar-refractivity contribution >= 4 is 28.7 Å². The van der Waals surface area contributed by atoms with E-state index in [1.807, 2.05) is 0 Å². The number of carbonyl (C=O) groups is 3. The largest absolute Gasteiger partial charge is 0.294 e. The van der Waals surface area contributed by atoms with E-state index in [0.717, 1.165) is 11.3 Å². The highest BCUT2D eigenvalue weighted by atomic mass is 32.1. The molecule has 0 atom stereocenters. The number of Topliss-reactive ketones (excluding diaryl/α,β-unsaturated/α-hetero) is 1. The first-order chi connectivity index (χ1) is 8.59. The summed E-state index contributed by atoms with van der Waals surface area (Å²) in [5.41, 5.74) is 0.774. The van der Waals surface area contributed by atoms with Gasteiger partial charge in [-0.1, -0.05) is 0 Å². The van der Waals surface area contributed by atoms with Gasteiger partial charge in [-0.2, -0.15) is 0 Å². The van der Waals surface area contributed by atoms with Gasteiger partial charge in [0.1, 0.15) is 5.69 Å². The molecule has 2 aromatic heterocycles. The molecule has 0 radical (unpaired) electrons. The number of hydrogen-bond acceptors (Lipinski definition) is 5. The lowest BCUT2D eigenvalue weighted by molar-refractivity contribution is 0.0978. The minimum absolute atomic E-state index is 0.146. The Morgan fingerprint density at radius 3 is 2.72 bits per heavy atom. The normalized spacial score (nSPS) is 13.2. The summed E-state index contributed by atoms with van der Waals surface area (Å²) in [4.78, 5) is 40.4. The molecule has 0 aliphatic heterocycles. The molecule has 1 aliphatic carbocycles. The van der Waals surface area contributed by atoms with Crippen molar-refractivity contribution in [2.75, 3.05) is 0 Å². The molecule has 5 heteroatoms. The molecule has 4 nitrogen and oxygen atoms in total. The Morgan fingerprint density at radius 2 is 2.00 bits per heavy atom. The number of nitrogens with zero attached hydrogens (tertiary/aromatic N) is 1. The van der Waals surface area contributed by atoms with Gasteiger partial charge in [-0.25, -0.2) is 0 Å². The van der Waals surface area contributed by atoms with Crippen LogP contribution in [0.15, 0.2) is 24.4 Å². The molecule has 0 saturated carbocycles. The van der Waals surface area contributed by atoms with Gasteiger partial charge >= 0.3 is 0 Å². The number of thiophene rings is 1. The maximum absolute atomic E-state index is 12.2. The highest BCUT2D eigenvalue weighted by Crippen LogP contribution is 2.32. The van der Waals surface area contributed by atoms with E-state index in [-0.39, 0.29) is 23.0 Å². The lowest BCUT2D eigenvalue weighted by Crippen LogP contribution is -2.19. The molecule has 18 heavy (non-hydrogen) atoms. The van der Waals surface area contributed by atoms with Gasteiger partial charge in [0.05, 0.1) is 15.3 Å². The summed E-state index contributed by atoms with van der Waals surface area (Å²) in [6.45, 7) is 1.41. The van der Waals surface area contributed by atoms with Crippen molar-refractivity contribution in [3.8, 4) is 0 Å². The predicted molar refractivity (Wildman–Crippen MR) is 65.4 cm³/mol. The molecule has 0 aromatic carbocycles. The summed E-state index contributed by atoms with van der Waals surface area (Å²) in [5, 5.41) is 0. The van der Waals surface area contributed by atoms with Crippen molar-refractivity contribution in [3.63, 3.8) is 0 Å². The average molecular weight is 257 g/mol. The second-order valence-electron chi connectivity index (χ2n) is 3.97. The van der Waals surface area contributed by atoms with Crippen LogP contribution >= 0.6 is 11.3 Å². The van der Waals surface area contributed by atoms with Crippen LogP contribution in [0.25, 0.3) is 0 Å². The lowest BCUT2D eigenvalue weighted by atomic mass is 9.93. The van der Waals surface area contributed by atoms with E-state index in [1.54, 1.807) is 12.1 Å². The van der Waals surface area contributed by atoms with Gasteiger partial charge in [-0.15, -0.1) is 11.3 Å².